The number of imide groups is 1. The van der Waals surface area contributed by atoms with Gasteiger partial charge >= 0.3 is 0 Å². The van der Waals surface area contributed by atoms with Crippen molar-refractivity contribution in [3.8, 4) is 11.4 Å². The second-order valence-corrected chi connectivity index (χ2v) is 7.12. The zero-order chi connectivity index (χ0) is 20.2. The van der Waals surface area contributed by atoms with E-state index in [2.05, 4.69) is 21.5 Å². The second-order valence-electron chi connectivity index (χ2n) is 7.12. The number of carbonyl (C=O) groups excluding carboxylic acids is 2. The minimum Gasteiger partial charge on any atom is -0.267 e. The predicted molar refractivity (Wildman–Crippen MR) is 110 cm³/mol. The normalized spacial score (nSPS) is 13.1. The first-order chi connectivity index (χ1) is 14.1. The van der Waals surface area contributed by atoms with Crippen molar-refractivity contribution in [2.24, 2.45) is 0 Å². The van der Waals surface area contributed by atoms with E-state index in [1.807, 2.05) is 31.3 Å². The van der Waals surface area contributed by atoms with Crippen molar-refractivity contribution in [1.82, 2.24) is 20.4 Å². The fourth-order valence-corrected chi connectivity index (χ4v) is 3.42. The number of benzene rings is 1. The van der Waals surface area contributed by atoms with E-state index in [-0.39, 0.29) is 11.8 Å². The molecule has 0 saturated carbocycles. The van der Waals surface area contributed by atoms with Gasteiger partial charge in [0.2, 0.25) is 0 Å². The number of nitrogens with zero attached hydrogens (tertiary/aromatic N) is 3. The number of amides is 2. The second kappa shape index (κ2) is 8.32. The van der Waals surface area contributed by atoms with Crippen LogP contribution in [-0.4, -0.2) is 33.3 Å². The van der Waals surface area contributed by atoms with Crippen LogP contribution in [-0.2, 0) is 6.42 Å². The fourth-order valence-electron chi connectivity index (χ4n) is 3.42. The zero-order valence-corrected chi connectivity index (χ0v) is 16.3. The van der Waals surface area contributed by atoms with E-state index in [4.69, 9.17) is 0 Å². The molecule has 2 aromatic heterocycles. The molecule has 0 aliphatic carbocycles. The summed E-state index contributed by atoms with van der Waals surface area (Å²) in [5.74, 6) is -0.565. The molecule has 0 saturated heterocycles. The molecule has 6 nitrogen and oxygen atoms in total. The fraction of sp³-hybridized carbons (Fsp3) is 0.217. The lowest BCUT2D eigenvalue weighted by Gasteiger charge is -2.15. The average Bonchev–Trinajstić information content (AvgIpc) is 2.99. The first-order valence-corrected chi connectivity index (χ1v) is 9.73. The topological polar surface area (TPSA) is 75.2 Å². The van der Waals surface area contributed by atoms with Gasteiger partial charge < -0.3 is 0 Å². The van der Waals surface area contributed by atoms with E-state index in [0.717, 1.165) is 41.2 Å². The summed E-state index contributed by atoms with van der Waals surface area (Å²) in [5, 5.41) is 1.12. The maximum absolute atomic E-state index is 12.3. The summed E-state index contributed by atoms with van der Waals surface area (Å²) >= 11 is 0. The molecule has 1 aromatic carbocycles. The van der Waals surface area contributed by atoms with E-state index in [1.54, 1.807) is 30.5 Å². The lowest BCUT2D eigenvalue weighted by atomic mass is 10.1. The first-order valence-electron chi connectivity index (χ1n) is 9.73. The number of hydrogen-bond acceptors (Lipinski definition) is 5. The van der Waals surface area contributed by atoms with Crippen molar-refractivity contribution in [2.75, 3.05) is 6.54 Å². The Kier molecular flexibility index (Phi) is 5.44. The third-order valence-electron chi connectivity index (χ3n) is 4.96. The molecule has 0 unspecified atom stereocenters. The molecule has 6 heteroatoms. The van der Waals surface area contributed by atoms with Gasteiger partial charge in [0.15, 0.2) is 0 Å². The Morgan fingerprint density at radius 3 is 2.21 bits per heavy atom. The van der Waals surface area contributed by atoms with E-state index in [1.165, 1.54) is 5.56 Å². The van der Waals surface area contributed by atoms with Gasteiger partial charge in [-0.2, -0.15) is 0 Å². The van der Waals surface area contributed by atoms with Gasteiger partial charge in [0.1, 0.15) is 0 Å². The molecule has 4 rings (SSSR count). The molecule has 2 amide bonds. The molecule has 0 atom stereocenters. The number of hydrazine groups is 1. The molecule has 1 N–H and O–H groups in total. The number of aryl methyl sites for hydroxylation is 2. The van der Waals surface area contributed by atoms with Gasteiger partial charge in [0, 0.05) is 18.9 Å². The molecule has 3 heterocycles. The van der Waals surface area contributed by atoms with Crippen molar-refractivity contribution in [3.63, 3.8) is 0 Å². The van der Waals surface area contributed by atoms with Crippen LogP contribution in [0.25, 0.3) is 11.4 Å². The molecule has 0 spiro atoms. The van der Waals surface area contributed by atoms with Crippen LogP contribution in [0.2, 0.25) is 0 Å². The third-order valence-corrected chi connectivity index (χ3v) is 4.96. The van der Waals surface area contributed by atoms with Crippen LogP contribution in [0, 0.1) is 6.92 Å². The molecule has 1 aliphatic heterocycles. The minimum atomic E-state index is -0.282. The van der Waals surface area contributed by atoms with Crippen molar-refractivity contribution in [3.05, 3.63) is 83.2 Å². The van der Waals surface area contributed by atoms with Crippen molar-refractivity contribution >= 4 is 11.8 Å². The Morgan fingerprint density at radius 2 is 1.52 bits per heavy atom. The Labute approximate surface area is 169 Å². The van der Waals surface area contributed by atoms with Gasteiger partial charge in [-0.1, -0.05) is 12.1 Å². The lowest BCUT2D eigenvalue weighted by molar-refractivity contribution is 0.0566. The highest BCUT2D eigenvalue weighted by Crippen LogP contribution is 2.21. The monoisotopic (exact) mass is 386 g/mol. The van der Waals surface area contributed by atoms with Gasteiger partial charge in [-0.3, -0.25) is 19.6 Å². The van der Waals surface area contributed by atoms with Crippen LogP contribution in [0.1, 0.15) is 44.7 Å². The third kappa shape index (κ3) is 4.07. The minimum absolute atomic E-state index is 0.282. The number of pyridine rings is 2. The van der Waals surface area contributed by atoms with Gasteiger partial charge in [-0.15, -0.1) is 0 Å². The summed E-state index contributed by atoms with van der Waals surface area (Å²) in [4.78, 5) is 33.5. The SMILES string of the molecule is Cc1ccnc(-c2cc(CCCCNN3C(=O)c4ccccc4C3=O)ccn2)c1. The molecule has 1 aliphatic rings. The Bertz CT molecular complexity index is 1030. The number of unbranched alkanes of at least 4 members (excludes halogenated alkanes) is 1. The lowest BCUT2D eigenvalue weighted by Crippen LogP contribution is -2.42. The number of carbonyl (C=O) groups is 2. The maximum Gasteiger partial charge on any atom is 0.276 e. The molecule has 146 valence electrons. The van der Waals surface area contributed by atoms with E-state index in [0.29, 0.717) is 17.7 Å². The van der Waals surface area contributed by atoms with Crippen LogP contribution in [0.4, 0.5) is 0 Å². The van der Waals surface area contributed by atoms with E-state index >= 15 is 0 Å². The molecular weight excluding hydrogens is 364 g/mol. The van der Waals surface area contributed by atoms with Gasteiger partial charge in [-0.05, 0) is 73.7 Å². The summed E-state index contributed by atoms with van der Waals surface area (Å²) in [5.41, 5.74) is 7.98. The van der Waals surface area contributed by atoms with E-state index < -0.39 is 0 Å². The van der Waals surface area contributed by atoms with Crippen molar-refractivity contribution in [1.29, 1.82) is 0 Å². The Balaban J connectivity index is 1.28. The van der Waals surface area contributed by atoms with Crippen molar-refractivity contribution in [2.45, 2.75) is 26.2 Å². The number of fused-ring (bicyclic) bond motifs is 1. The Morgan fingerprint density at radius 1 is 0.862 bits per heavy atom. The number of aromatic nitrogens is 2. The maximum atomic E-state index is 12.3. The zero-order valence-electron chi connectivity index (χ0n) is 16.3. The molecular formula is C23H22N4O2. The van der Waals surface area contributed by atoms with Gasteiger partial charge in [-0.25, -0.2) is 10.4 Å². The van der Waals surface area contributed by atoms with Gasteiger partial charge in [0.25, 0.3) is 11.8 Å². The highest BCUT2D eigenvalue weighted by Gasteiger charge is 2.34. The van der Waals surface area contributed by atoms with Crippen LogP contribution in [0.3, 0.4) is 0 Å². The predicted octanol–water partition coefficient (Wildman–Crippen LogP) is 3.58. The van der Waals surface area contributed by atoms with Gasteiger partial charge in [0.05, 0.1) is 22.5 Å². The molecule has 0 radical (unpaired) electrons. The highest BCUT2D eigenvalue weighted by atomic mass is 16.2. The molecule has 3 aromatic rings. The van der Waals surface area contributed by atoms with Crippen LogP contribution in [0.5, 0.6) is 0 Å². The largest absolute Gasteiger partial charge is 0.276 e. The number of nitrogens with one attached hydrogen (secondary N) is 1. The molecule has 29 heavy (non-hydrogen) atoms. The smallest absolute Gasteiger partial charge is 0.267 e. The number of hydrogen-bond donors (Lipinski definition) is 1. The van der Waals surface area contributed by atoms with Crippen molar-refractivity contribution < 1.29 is 9.59 Å². The summed E-state index contributed by atoms with van der Waals surface area (Å²) in [6.07, 6.45) is 6.27. The molecule has 0 fully saturated rings. The van der Waals surface area contributed by atoms with Crippen LogP contribution >= 0.6 is 0 Å². The molecule has 0 bridgehead atoms. The quantitative estimate of drug-likeness (QED) is 0.496. The standard InChI is InChI=1S/C23H22N4O2/c1-16-9-12-24-20(14-16)21-15-17(10-13-25-21)6-4-5-11-26-27-22(28)18-7-2-3-8-19(18)23(27)29/h2-3,7-10,12-15,26H,4-6,11H2,1H3. The van der Waals surface area contributed by atoms with Crippen LogP contribution < -0.4 is 5.43 Å². The Hall–Kier alpha value is -3.38. The summed E-state index contributed by atoms with van der Waals surface area (Å²) < 4.78 is 0. The summed E-state index contributed by atoms with van der Waals surface area (Å²) in [6, 6.07) is 15.0. The first kappa shape index (κ1) is 19.0. The van der Waals surface area contributed by atoms with E-state index in [9.17, 15) is 9.59 Å². The summed E-state index contributed by atoms with van der Waals surface area (Å²) in [6.45, 7) is 2.60. The average molecular weight is 386 g/mol. The van der Waals surface area contributed by atoms with Crippen LogP contribution in [0.15, 0.2) is 60.9 Å². The number of rotatable bonds is 7. The summed E-state index contributed by atoms with van der Waals surface area (Å²) in [7, 11) is 0. The highest BCUT2D eigenvalue weighted by molar-refractivity contribution is 6.20.